The Morgan fingerprint density at radius 2 is 2.00 bits per heavy atom. The van der Waals surface area contributed by atoms with Gasteiger partial charge in [0, 0.05) is 15.5 Å². The van der Waals surface area contributed by atoms with E-state index in [1.165, 1.54) is 29.7 Å². The lowest BCUT2D eigenvalue weighted by atomic mass is 10.00. The van der Waals surface area contributed by atoms with Gasteiger partial charge in [0.1, 0.15) is 5.04 Å². The van der Waals surface area contributed by atoms with Crippen LogP contribution in [-0.2, 0) is 9.53 Å². The van der Waals surface area contributed by atoms with Crippen molar-refractivity contribution in [1.29, 1.82) is 0 Å². The molecule has 142 valence electrons. The topological polar surface area (TPSA) is 41.9 Å². The van der Waals surface area contributed by atoms with Crippen molar-refractivity contribution in [3.63, 3.8) is 0 Å². The van der Waals surface area contributed by atoms with E-state index < -0.39 is 0 Å². The smallest absolute Gasteiger partial charge is 0.260 e. The molecule has 0 aliphatic carbocycles. The van der Waals surface area contributed by atoms with Gasteiger partial charge in [-0.3, -0.25) is 9.69 Å². The molecule has 1 fully saturated rings. The molecule has 1 saturated heterocycles. The summed E-state index contributed by atoms with van der Waals surface area (Å²) in [4.78, 5) is 20.5. The van der Waals surface area contributed by atoms with Crippen LogP contribution in [0.4, 0.5) is 0 Å². The molecule has 0 aromatic heterocycles. The van der Waals surface area contributed by atoms with Gasteiger partial charge in [-0.2, -0.15) is 0 Å². The Balaban J connectivity index is 1.58. The van der Waals surface area contributed by atoms with E-state index in [9.17, 15) is 4.79 Å². The molecule has 0 bridgehead atoms. The molecule has 0 spiro atoms. The van der Waals surface area contributed by atoms with Gasteiger partial charge in [-0.05, 0) is 61.7 Å². The van der Waals surface area contributed by atoms with Crippen LogP contribution in [0.5, 0.6) is 0 Å². The normalized spacial score (nSPS) is 23.9. The van der Waals surface area contributed by atoms with Gasteiger partial charge < -0.3 is 4.74 Å². The summed E-state index contributed by atoms with van der Waals surface area (Å²) in [7, 11) is 0. The summed E-state index contributed by atoms with van der Waals surface area (Å²) in [5, 5.41) is 1.52. The van der Waals surface area contributed by atoms with Gasteiger partial charge in [-0.1, -0.05) is 41.9 Å². The average Bonchev–Trinajstić information content (AvgIpc) is 3.01. The van der Waals surface area contributed by atoms with Gasteiger partial charge in [0.05, 0.1) is 19.8 Å². The zero-order valence-corrected chi connectivity index (χ0v) is 16.8. The first-order valence-electron chi connectivity index (χ1n) is 9.48. The summed E-state index contributed by atoms with van der Waals surface area (Å²) in [6.07, 6.45) is 6.59. The third-order valence-electron chi connectivity index (χ3n) is 5.06. The minimum Gasteiger partial charge on any atom is -0.376 e. The second-order valence-electron chi connectivity index (χ2n) is 7.06. The first-order valence-corrected chi connectivity index (χ1v) is 10.7. The number of thioether (sulfide) groups is 1. The summed E-state index contributed by atoms with van der Waals surface area (Å²) < 4.78 is 5.60. The third-order valence-corrected chi connectivity index (χ3v) is 6.42. The quantitative estimate of drug-likeness (QED) is 0.743. The van der Waals surface area contributed by atoms with Crippen molar-refractivity contribution in [3.8, 4) is 0 Å². The molecule has 0 N–H and O–H groups in total. The highest BCUT2D eigenvalue weighted by Gasteiger charge is 2.30. The fourth-order valence-corrected chi connectivity index (χ4v) is 4.93. The summed E-state index contributed by atoms with van der Waals surface area (Å²) in [6, 6.07) is 7.75. The maximum Gasteiger partial charge on any atom is 0.260 e. The van der Waals surface area contributed by atoms with Crippen molar-refractivity contribution in [1.82, 2.24) is 4.90 Å². The molecule has 27 heavy (non-hydrogen) atoms. The largest absolute Gasteiger partial charge is 0.376 e. The Hall–Kier alpha value is -1.40. The molecule has 3 aliphatic rings. The summed E-state index contributed by atoms with van der Waals surface area (Å²) in [5.74, 6) is -0.0535. The van der Waals surface area contributed by atoms with Crippen LogP contribution in [0.2, 0.25) is 5.02 Å². The molecule has 0 saturated carbocycles. The zero-order valence-electron chi connectivity index (χ0n) is 15.2. The highest BCUT2D eigenvalue weighted by Crippen LogP contribution is 2.42. The van der Waals surface area contributed by atoms with E-state index in [1.807, 2.05) is 24.3 Å². The van der Waals surface area contributed by atoms with Crippen molar-refractivity contribution < 1.29 is 9.53 Å². The molecule has 0 radical (unpaired) electrons. The molecule has 0 unspecified atom stereocenters. The highest BCUT2D eigenvalue weighted by molar-refractivity contribution is 8.18. The Morgan fingerprint density at radius 1 is 1.22 bits per heavy atom. The number of hydrogen-bond acceptors (Lipinski definition) is 4. The SMILES string of the molecule is O=C(CN1CCCCC1)N=C1SC2=C(CCOC2)/C1=C/c1ccc(Cl)cc1. The number of rotatable bonds is 3. The van der Waals surface area contributed by atoms with E-state index >= 15 is 0 Å². The van der Waals surface area contributed by atoms with Gasteiger partial charge >= 0.3 is 0 Å². The maximum absolute atomic E-state index is 12.6. The molecule has 0 atom stereocenters. The number of carbonyl (C=O) groups excluding carboxylic acids is 1. The number of nitrogens with zero attached hydrogens (tertiary/aromatic N) is 2. The lowest BCUT2D eigenvalue weighted by molar-refractivity contribution is -0.119. The summed E-state index contributed by atoms with van der Waals surface area (Å²) in [5.41, 5.74) is 3.39. The second-order valence-corrected chi connectivity index (χ2v) is 8.58. The molecule has 3 heterocycles. The van der Waals surface area contributed by atoms with Crippen LogP contribution in [0.25, 0.3) is 6.08 Å². The van der Waals surface area contributed by atoms with Crippen LogP contribution in [0.3, 0.4) is 0 Å². The lowest BCUT2D eigenvalue weighted by Gasteiger charge is -2.24. The van der Waals surface area contributed by atoms with E-state index in [1.54, 1.807) is 11.8 Å². The van der Waals surface area contributed by atoms with Crippen LogP contribution in [0, 0.1) is 0 Å². The molecule has 3 aliphatic heterocycles. The monoisotopic (exact) mass is 402 g/mol. The van der Waals surface area contributed by atoms with Gasteiger partial charge in [-0.25, -0.2) is 4.99 Å². The number of aliphatic imine (C=N–C) groups is 1. The van der Waals surface area contributed by atoms with Crippen LogP contribution >= 0.6 is 23.4 Å². The molecule has 1 amide bonds. The van der Waals surface area contributed by atoms with Crippen LogP contribution in [-0.4, -0.2) is 48.7 Å². The van der Waals surface area contributed by atoms with Gasteiger partial charge in [-0.15, -0.1) is 0 Å². The van der Waals surface area contributed by atoms with E-state index in [-0.39, 0.29) is 5.91 Å². The first-order chi connectivity index (χ1) is 13.2. The van der Waals surface area contributed by atoms with Gasteiger partial charge in [0.25, 0.3) is 5.91 Å². The van der Waals surface area contributed by atoms with Crippen molar-refractivity contribution in [2.24, 2.45) is 4.99 Å². The van der Waals surface area contributed by atoms with Gasteiger partial charge in [0.2, 0.25) is 0 Å². The highest BCUT2D eigenvalue weighted by atomic mass is 35.5. The summed E-state index contributed by atoms with van der Waals surface area (Å²) >= 11 is 7.59. The number of carbonyl (C=O) groups is 1. The van der Waals surface area contributed by atoms with Crippen LogP contribution in [0.15, 0.2) is 45.3 Å². The standard InChI is InChI=1S/C21H23ClN2O2S/c22-16-6-4-15(5-7-16)12-18-17-8-11-26-14-19(17)27-21(18)23-20(25)13-24-9-2-1-3-10-24/h4-7,12H,1-3,8-11,13-14H2/b18-12-,23-21?. The Kier molecular flexibility index (Phi) is 6.13. The van der Waals surface area contributed by atoms with Crippen molar-refractivity contribution in [2.45, 2.75) is 25.7 Å². The molecule has 4 nitrogen and oxygen atoms in total. The number of amides is 1. The van der Waals surface area contributed by atoms with Crippen LogP contribution < -0.4 is 0 Å². The summed E-state index contributed by atoms with van der Waals surface area (Å²) in [6.45, 7) is 3.74. The van der Waals surface area contributed by atoms with E-state index in [4.69, 9.17) is 16.3 Å². The Bertz CT molecular complexity index is 808. The predicted molar refractivity (Wildman–Crippen MR) is 112 cm³/mol. The molecule has 4 rings (SSSR count). The Labute approximate surface area is 169 Å². The van der Waals surface area contributed by atoms with E-state index in [2.05, 4.69) is 16.0 Å². The second kappa shape index (κ2) is 8.74. The van der Waals surface area contributed by atoms with Crippen LogP contribution in [0.1, 0.15) is 31.2 Å². The van der Waals surface area contributed by atoms with Crippen molar-refractivity contribution in [2.75, 3.05) is 32.8 Å². The molecule has 1 aromatic carbocycles. The average molecular weight is 403 g/mol. The number of halogens is 1. The van der Waals surface area contributed by atoms with Crippen molar-refractivity contribution >= 4 is 40.4 Å². The fourth-order valence-electron chi connectivity index (χ4n) is 3.66. The molecular weight excluding hydrogens is 380 g/mol. The number of benzene rings is 1. The van der Waals surface area contributed by atoms with E-state index in [0.29, 0.717) is 19.8 Å². The van der Waals surface area contributed by atoms with Gasteiger partial charge in [0.15, 0.2) is 0 Å². The Morgan fingerprint density at radius 3 is 2.78 bits per heavy atom. The number of piperidine rings is 1. The minimum absolute atomic E-state index is 0.0535. The van der Waals surface area contributed by atoms with Crippen molar-refractivity contribution in [3.05, 3.63) is 50.9 Å². The molecule has 6 heteroatoms. The number of hydrogen-bond donors (Lipinski definition) is 0. The molecular formula is C21H23ClN2O2S. The number of likely N-dealkylation sites (tertiary alicyclic amines) is 1. The third kappa shape index (κ3) is 4.72. The number of ether oxygens (including phenoxy) is 1. The first kappa shape index (κ1) is 18.9. The minimum atomic E-state index is -0.0535. The zero-order chi connectivity index (χ0) is 18.6. The maximum atomic E-state index is 12.6. The van der Waals surface area contributed by atoms with E-state index in [0.717, 1.165) is 40.7 Å². The lowest BCUT2D eigenvalue weighted by Crippen LogP contribution is -2.34. The predicted octanol–water partition coefficient (Wildman–Crippen LogP) is 4.56. The fraction of sp³-hybridized carbons (Fsp3) is 0.429. The molecule has 1 aromatic rings.